The molecule has 0 saturated heterocycles. The molecular formula is C12H15Cl2FO. The van der Waals surface area contributed by atoms with Crippen LogP contribution in [-0.2, 0) is 0 Å². The summed E-state index contributed by atoms with van der Waals surface area (Å²) in [4.78, 5) is 0. The molecule has 0 aromatic heterocycles. The van der Waals surface area contributed by atoms with Gasteiger partial charge in [0.2, 0.25) is 0 Å². The van der Waals surface area contributed by atoms with Gasteiger partial charge in [-0.2, -0.15) is 0 Å². The molecule has 1 nitrogen and oxygen atoms in total. The van der Waals surface area contributed by atoms with Gasteiger partial charge in [-0.3, -0.25) is 0 Å². The summed E-state index contributed by atoms with van der Waals surface area (Å²) in [5.41, 5.74) is 0. The normalized spacial score (nSPS) is 10.4. The minimum atomic E-state index is -0.482. The van der Waals surface area contributed by atoms with E-state index in [4.69, 9.17) is 27.9 Å². The first-order valence-corrected chi connectivity index (χ1v) is 6.29. The Labute approximate surface area is 106 Å². The van der Waals surface area contributed by atoms with Crippen LogP contribution in [-0.4, -0.2) is 12.5 Å². The second-order valence-corrected chi connectivity index (χ2v) is 4.29. The number of halogens is 3. The molecule has 1 rings (SSSR count). The van der Waals surface area contributed by atoms with Gasteiger partial charge in [-0.15, -0.1) is 11.6 Å². The van der Waals surface area contributed by atoms with E-state index in [2.05, 4.69) is 0 Å². The summed E-state index contributed by atoms with van der Waals surface area (Å²) >= 11 is 11.2. The maximum Gasteiger partial charge on any atom is 0.183 e. The fourth-order valence-corrected chi connectivity index (χ4v) is 1.68. The van der Waals surface area contributed by atoms with Crippen LogP contribution in [0.5, 0.6) is 5.75 Å². The first-order valence-electron chi connectivity index (χ1n) is 5.38. The monoisotopic (exact) mass is 264 g/mol. The zero-order chi connectivity index (χ0) is 11.8. The molecule has 1 aromatic rings. The number of benzene rings is 1. The van der Waals surface area contributed by atoms with Crippen molar-refractivity contribution in [3.8, 4) is 5.75 Å². The number of hydrogen-bond acceptors (Lipinski definition) is 1. The lowest BCUT2D eigenvalue weighted by Crippen LogP contribution is -1.99. The number of alkyl halides is 1. The van der Waals surface area contributed by atoms with E-state index < -0.39 is 5.82 Å². The van der Waals surface area contributed by atoms with Crippen LogP contribution in [0, 0.1) is 5.82 Å². The molecule has 0 unspecified atom stereocenters. The standard InChI is InChI=1S/C12H15Cl2FO/c13-8-3-1-2-4-9-16-11-7-5-6-10(14)12(11)15/h5-7H,1-4,8-9H2. The van der Waals surface area contributed by atoms with Gasteiger partial charge in [0.15, 0.2) is 11.6 Å². The van der Waals surface area contributed by atoms with Gasteiger partial charge in [-0.1, -0.05) is 30.5 Å². The average Bonchev–Trinajstić information content (AvgIpc) is 2.29. The number of unbranched alkanes of at least 4 members (excludes halogenated alkanes) is 3. The molecule has 1 aromatic carbocycles. The Morgan fingerprint density at radius 3 is 2.62 bits per heavy atom. The second kappa shape index (κ2) is 7.75. The third-order valence-electron chi connectivity index (χ3n) is 2.20. The molecular weight excluding hydrogens is 250 g/mol. The number of ether oxygens (including phenoxy) is 1. The topological polar surface area (TPSA) is 9.23 Å². The predicted octanol–water partition coefficient (Wildman–Crippen LogP) is 4.66. The van der Waals surface area contributed by atoms with Gasteiger partial charge >= 0.3 is 0 Å². The van der Waals surface area contributed by atoms with Crippen LogP contribution in [0.2, 0.25) is 5.02 Å². The lowest BCUT2D eigenvalue weighted by atomic mass is 10.2. The van der Waals surface area contributed by atoms with E-state index in [1.807, 2.05) is 0 Å². The van der Waals surface area contributed by atoms with Crippen LogP contribution >= 0.6 is 23.2 Å². The Kier molecular flexibility index (Phi) is 6.58. The Morgan fingerprint density at radius 2 is 1.88 bits per heavy atom. The summed E-state index contributed by atoms with van der Waals surface area (Å²) in [6.45, 7) is 0.513. The summed E-state index contributed by atoms with van der Waals surface area (Å²) in [6.07, 6.45) is 4.07. The largest absolute Gasteiger partial charge is 0.490 e. The van der Waals surface area contributed by atoms with E-state index in [0.717, 1.165) is 25.7 Å². The van der Waals surface area contributed by atoms with E-state index in [-0.39, 0.29) is 10.8 Å². The molecule has 90 valence electrons. The van der Waals surface area contributed by atoms with Crippen LogP contribution in [0.4, 0.5) is 4.39 Å². The molecule has 0 radical (unpaired) electrons. The molecule has 0 fully saturated rings. The fraction of sp³-hybridized carbons (Fsp3) is 0.500. The van der Waals surface area contributed by atoms with Crippen molar-refractivity contribution in [3.05, 3.63) is 29.0 Å². The maximum absolute atomic E-state index is 13.4. The number of hydrogen-bond donors (Lipinski definition) is 0. The summed E-state index contributed by atoms with van der Waals surface area (Å²) < 4.78 is 18.7. The zero-order valence-electron chi connectivity index (χ0n) is 9.02. The molecule has 0 heterocycles. The zero-order valence-corrected chi connectivity index (χ0v) is 10.5. The molecule has 0 N–H and O–H groups in total. The van der Waals surface area contributed by atoms with Crippen molar-refractivity contribution < 1.29 is 9.13 Å². The Morgan fingerprint density at radius 1 is 1.12 bits per heavy atom. The first-order chi connectivity index (χ1) is 7.75. The van der Waals surface area contributed by atoms with Crippen LogP contribution in [0.25, 0.3) is 0 Å². The summed E-state index contributed by atoms with van der Waals surface area (Å²) in [6, 6.07) is 4.76. The van der Waals surface area contributed by atoms with Crippen molar-refractivity contribution >= 4 is 23.2 Å². The van der Waals surface area contributed by atoms with E-state index in [1.54, 1.807) is 12.1 Å². The summed E-state index contributed by atoms with van der Waals surface area (Å²) in [5, 5.41) is 0.0969. The van der Waals surface area contributed by atoms with E-state index >= 15 is 0 Å². The Bertz CT molecular complexity index is 318. The molecule has 0 amide bonds. The third kappa shape index (κ3) is 4.58. The van der Waals surface area contributed by atoms with Gasteiger partial charge in [0.25, 0.3) is 0 Å². The van der Waals surface area contributed by atoms with E-state index in [1.165, 1.54) is 6.07 Å². The van der Waals surface area contributed by atoms with Gasteiger partial charge in [-0.05, 0) is 25.0 Å². The van der Waals surface area contributed by atoms with Crippen molar-refractivity contribution in [2.45, 2.75) is 25.7 Å². The molecule has 0 atom stereocenters. The predicted molar refractivity (Wildman–Crippen MR) is 66.1 cm³/mol. The smallest absolute Gasteiger partial charge is 0.183 e. The van der Waals surface area contributed by atoms with Gasteiger partial charge in [0.05, 0.1) is 11.6 Å². The van der Waals surface area contributed by atoms with Gasteiger partial charge in [0, 0.05) is 5.88 Å². The second-order valence-electron chi connectivity index (χ2n) is 3.50. The summed E-state index contributed by atoms with van der Waals surface area (Å²) in [5.74, 6) is 0.443. The van der Waals surface area contributed by atoms with Crippen molar-refractivity contribution in [3.63, 3.8) is 0 Å². The average molecular weight is 265 g/mol. The Balaban J connectivity index is 2.24. The van der Waals surface area contributed by atoms with Crippen LogP contribution < -0.4 is 4.74 Å². The highest BCUT2D eigenvalue weighted by atomic mass is 35.5. The quantitative estimate of drug-likeness (QED) is 0.514. The maximum atomic E-state index is 13.4. The van der Waals surface area contributed by atoms with E-state index in [0.29, 0.717) is 12.5 Å². The lowest BCUT2D eigenvalue weighted by molar-refractivity contribution is 0.290. The van der Waals surface area contributed by atoms with Crippen molar-refractivity contribution in [2.24, 2.45) is 0 Å². The van der Waals surface area contributed by atoms with Crippen molar-refractivity contribution in [1.82, 2.24) is 0 Å². The highest BCUT2D eigenvalue weighted by Gasteiger charge is 2.06. The molecule has 0 bridgehead atoms. The van der Waals surface area contributed by atoms with Gasteiger partial charge in [0.1, 0.15) is 0 Å². The molecule has 0 saturated carbocycles. The first kappa shape index (κ1) is 13.6. The molecule has 0 aliphatic heterocycles. The highest BCUT2D eigenvalue weighted by molar-refractivity contribution is 6.30. The highest BCUT2D eigenvalue weighted by Crippen LogP contribution is 2.24. The van der Waals surface area contributed by atoms with Crippen molar-refractivity contribution in [2.75, 3.05) is 12.5 Å². The molecule has 16 heavy (non-hydrogen) atoms. The SMILES string of the molecule is Fc1c(Cl)cccc1OCCCCCCCl. The van der Waals surface area contributed by atoms with Crippen molar-refractivity contribution in [1.29, 1.82) is 0 Å². The van der Waals surface area contributed by atoms with Gasteiger partial charge < -0.3 is 4.74 Å². The summed E-state index contributed by atoms with van der Waals surface area (Å²) in [7, 11) is 0. The third-order valence-corrected chi connectivity index (χ3v) is 2.76. The fourth-order valence-electron chi connectivity index (χ4n) is 1.33. The minimum Gasteiger partial charge on any atom is -0.490 e. The van der Waals surface area contributed by atoms with Crippen LogP contribution in [0.3, 0.4) is 0 Å². The molecule has 0 aliphatic carbocycles. The molecule has 4 heteroatoms. The van der Waals surface area contributed by atoms with Crippen LogP contribution in [0.1, 0.15) is 25.7 Å². The molecule has 0 spiro atoms. The Hall–Kier alpha value is -0.470. The minimum absolute atomic E-state index is 0.0969. The van der Waals surface area contributed by atoms with Crippen LogP contribution in [0.15, 0.2) is 18.2 Å². The molecule has 0 aliphatic rings. The van der Waals surface area contributed by atoms with E-state index in [9.17, 15) is 4.39 Å². The number of rotatable bonds is 7. The van der Waals surface area contributed by atoms with Gasteiger partial charge in [-0.25, -0.2) is 4.39 Å². The lowest BCUT2D eigenvalue weighted by Gasteiger charge is -2.07.